The normalized spacial score (nSPS) is 14.0. The van der Waals surface area contributed by atoms with Gasteiger partial charge in [0.2, 0.25) is 0 Å². The van der Waals surface area contributed by atoms with Crippen LogP contribution in [0.2, 0.25) is 0 Å². The zero-order chi connectivity index (χ0) is 14.8. The first-order valence-corrected chi connectivity index (χ1v) is 7.89. The first kappa shape index (κ1) is 14.0. The molecule has 1 heterocycles. The topological polar surface area (TPSA) is 55.9 Å². The van der Waals surface area contributed by atoms with Gasteiger partial charge in [0, 0.05) is 12.7 Å². The third-order valence-electron chi connectivity index (χ3n) is 4.30. The third kappa shape index (κ3) is 2.62. The zero-order valence-corrected chi connectivity index (χ0v) is 12.9. The van der Waals surface area contributed by atoms with E-state index in [1.54, 1.807) is 0 Å². The van der Waals surface area contributed by atoms with Crippen LogP contribution in [0.5, 0.6) is 0 Å². The van der Waals surface area contributed by atoms with Crippen molar-refractivity contribution in [3.05, 3.63) is 35.0 Å². The lowest BCUT2D eigenvalue weighted by Gasteiger charge is -2.20. The molecule has 0 saturated carbocycles. The average Bonchev–Trinajstić information content (AvgIpc) is 2.76. The summed E-state index contributed by atoms with van der Waals surface area (Å²) in [5, 5.41) is 8.06. The Labute approximate surface area is 126 Å². The predicted octanol–water partition coefficient (Wildman–Crippen LogP) is 3.58. The first-order valence-electron chi connectivity index (χ1n) is 7.89. The lowest BCUT2D eigenvalue weighted by atomic mass is 9.90. The largest absolute Gasteiger partial charge is 0.394 e. The van der Waals surface area contributed by atoms with Gasteiger partial charge in [0.1, 0.15) is 0 Å². The lowest BCUT2D eigenvalue weighted by molar-refractivity contribution is 0.686. The number of fused-ring (bicyclic) bond motifs is 1. The summed E-state index contributed by atoms with van der Waals surface area (Å²) in [6, 6.07) is 6.52. The Morgan fingerprint density at radius 3 is 2.90 bits per heavy atom. The molecule has 3 N–H and O–H groups in total. The summed E-state index contributed by atoms with van der Waals surface area (Å²) >= 11 is 0. The van der Waals surface area contributed by atoms with Crippen LogP contribution < -0.4 is 11.1 Å². The SMILES string of the molecule is CCCc1nn(C)c(Nc2cccc3c2CCCC3)c1N. The van der Waals surface area contributed by atoms with Gasteiger partial charge in [0.05, 0.1) is 11.4 Å². The Morgan fingerprint density at radius 2 is 2.10 bits per heavy atom. The number of rotatable bonds is 4. The van der Waals surface area contributed by atoms with Crippen LogP contribution in [0.15, 0.2) is 18.2 Å². The van der Waals surface area contributed by atoms with E-state index in [-0.39, 0.29) is 0 Å². The van der Waals surface area contributed by atoms with Gasteiger partial charge in [-0.1, -0.05) is 25.5 Å². The number of aryl methyl sites for hydroxylation is 3. The molecule has 0 unspecified atom stereocenters. The molecule has 0 bridgehead atoms. The predicted molar refractivity (Wildman–Crippen MR) is 88.0 cm³/mol. The van der Waals surface area contributed by atoms with Gasteiger partial charge in [0.15, 0.2) is 5.82 Å². The summed E-state index contributed by atoms with van der Waals surface area (Å²) in [5.41, 5.74) is 12.1. The molecule has 1 aromatic carbocycles. The molecule has 112 valence electrons. The van der Waals surface area contributed by atoms with Gasteiger partial charge in [-0.2, -0.15) is 5.10 Å². The van der Waals surface area contributed by atoms with Crippen LogP contribution in [0.3, 0.4) is 0 Å². The summed E-state index contributed by atoms with van der Waals surface area (Å²) in [6.45, 7) is 2.15. The Balaban J connectivity index is 1.94. The van der Waals surface area contributed by atoms with Crippen molar-refractivity contribution in [2.24, 2.45) is 7.05 Å². The van der Waals surface area contributed by atoms with Crippen molar-refractivity contribution in [2.75, 3.05) is 11.1 Å². The quantitative estimate of drug-likeness (QED) is 0.902. The Morgan fingerprint density at radius 1 is 1.29 bits per heavy atom. The van der Waals surface area contributed by atoms with Gasteiger partial charge in [0.25, 0.3) is 0 Å². The van der Waals surface area contributed by atoms with E-state index in [4.69, 9.17) is 5.73 Å². The average molecular weight is 284 g/mol. The molecule has 0 radical (unpaired) electrons. The van der Waals surface area contributed by atoms with Gasteiger partial charge >= 0.3 is 0 Å². The molecule has 0 spiro atoms. The van der Waals surface area contributed by atoms with Crippen molar-refractivity contribution in [2.45, 2.75) is 45.4 Å². The molecular formula is C17H24N4. The number of anilines is 3. The van der Waals surface area contributed by atoms with Crippen LogP contribution in [-0.4, -0.2) is 9.78 Å². The molecule has 0 fully saturated rings. The summed E-state index contributed by atoms with van der Waals surface area (Å²) in [6.07, 6.45) is 6.89. The second-order valence-electron chi connectivity index (χ2n) is 5.86. The maximum absolute atomic E-state index is 6.27. The van der Waals surface area contributed by atoms with Gasteiger partial charge in [-0.25, -0.2) is 0 Å². The summed E-state index contributed by atoms with van der Waals surface area (Å²) < 4.78 is 1.86. The molecule has 2 aromatic rings. The number of nitrogens with zero attached hydrogens (tertiary/aromatic N) is 2. The molecule has 0 saturated heterocycles. The number of nitrogen functional groups attached to an aromatic ring is 1. The van der Waals surface area contributed by atoms with Crippen LogP contribution in [0.4, 0.5) is 17.2 Å². The minimum Gasteiger partial charge on any atom is -0.394 e. The molecular weight excluding hydrogens is 260 g/mol. The van der Waals surface area contributed by atoms with E-state index in [0.717, 1.165) is 36.5 Å². The highest BCUT2D eigenvalue weighted by molar-refractivity contribution is 5.73. The number of nitrogens with one attached hydrogen (secondary N) is 1. The number of aromatic nitrogens is 2. The van der Waals surface area contributed by atoms with E-state index in [9.17, 15) is 0 Å². The first-order chi connectivity index (χ1) is 10.2. The molecule has 1 aliphatic carbocycles. The maximum atomic E-state index is 6.27. The van der Waals surface area contributed by atoms with Crippen LogP contribution in [0.25, 0.3) is 0 Å². The van der Waals surface area contributed by atoms with Crippen molar-refractivity contribution in [3.8, 4) is 0 Å². The van der Waals surface area contributed by atoms with E-state index in [1.807, 2.05) is 11.7 Å². The second kappa shape index (κ2) is 5.80. The highest BCUT2D eigenvalue weighted by Gasteiger charge is 2.17. The fourth-order valence-electron chi connectivity index (χ4n) is 3.19. The molecule has 1 aliphatic rings. The van der Waals surface area contributed by atoms with E-state index < -0.39 is 0 Å². The fraction of sp³-hybridized carbons (Fsp3) is 0.471. The molecule has 1 aromatic heterocycles. The smallest absolute Gasteiger partial charge is 0.152 e. The summed E-state index contributed by atoms with van der Waals surface area (Å²) in [7, 11) is 1.95. The standard InChI is InChI=1S/C17H24N4/c1-3-7-15-16(18)17(21(2)20-15)19-14-11-6-9-12-8-4-5-10-13(12)14/h6,9,11,19H,3-5,7-8,10,18H2,1-2H3. The number of hydrogen-bond donors (Lipinski definition) is 2. The van der Waals surface area contributed by atoms with Gasteiger partial charge < -0.3 is 11.1 Å². The van der Waals surface area contributed by atoms with Gasteiger partial charge in [-0.05, 0) is 49.3 Å². The highest BCUT2D eigenvalue weighted by atomic mass is 15.3. The monoisotopic (exact) mass is 284 g/mol. The molecule has 4 heteroatoms. The van der Waals surface area contributed by atoms with Crippen molar-refractivity contribution in [3.63, 3.8) is 0 Å². The van der Waals surface area contributed by atoms with Crippen molar-refractivity contribution in [1.82, 2.24) is 9.78 Å². The zero-order valence-electron chi connectivity index (χ0n) is 12.9. The molecule has 0 atom stereocenters. The fourth-order valence-corrected chi connectivity index (χ4v) is 3.19. The van der Waals surface area contributed by atoms with E-state index in [2.05, 4.69) is 35.5 Å². The highest BCUT2D eigenvalue weighted by Crippen LogP contribution is 2.32. The number of hydrogen-bond acceptors (Lipinski definition) is 3. The molecule has 0 amide bonds. The van der Waals surface area contributed by atoms with Crippen molar-refractivity contribution >= 4 is 17.2 Å². The Kier molecular flexibility index (Phi) is 3.86. The molecule has 0 aliphatic heterocycles. The lowest BCUT2D eigenvalue weighted by Crippen LogP contribution is -2.08. The van der Waals surface area contributed by atoms with E-state index >= 15 is 0 Å². The molecule has 21 heavy (non-hydrogen) atoms. The summed E-state index contributed by atoms with van der Waals surface area (Å²) in [4.78, 5) is 0. The van der Waals surface area contributed by atoms with E-state index in [0.29, 0.717) is 0 Å². The van der Waals surface area contributed by atoms with Crippen LogP contribution in [-0.2, 0) is 26.3 Å². The maximum Gasteiger partial charge on any atom is 0.152 e. The molecule has 4 nitrogen and oxygen atoms in total. The Hall–Kier alpha value is -1.97. The molecule has 3 rings (SSSR count). The third-order valence-corrected chi connectivity index (χ3v) is 4.30. The van der Waals surface area contributed by atoms with Gasteiger partial charge in [-0.15, -0.1) is 0 Å². The van der Waals surface area contributed by atoms with Gasteiger partial charge in [-0.3, -0.25) is 4.68 Å². The number of nitrogens with two attached hydrogens (primary N) is 1. The van der Waals surface area contributed by atoms with Crippen LogP contribution in [0, 0.1) is 0 Å². The van der Waals surface area contributed by atoms with Crippen molar-refractivity contribution < 1.29 is 0 Å². The Bertz CT molecular complexity index is 642. The number of benzene rings is 1. The minimum absolute atomic E-state index is 0.785. The summed E-state index contributed by atoms with van der Waals surface area (Å²) in [5.74, 6) is 0.914. The van der Waals surface area contributed by atoms with Crippen LogP contribution >= 0.6 is 0 Å². The second-order valence-corrected chi connectivity index (χ2v) is 5.86. The van der Waals surface area contributed by atoms with Crippen LogP contribution in [0.1, 0.15) is 43.0 Å². The van der Waals surface area contributed by atoms with E-state index in [1.165, 1.54) is 36.1 Å². The minimum atomic E-state index is 0.785. The van der Waals surface area contributed by atoms with Crippen molar-refractivity contribution in [1.29, 1.82) is 0 Å².